The van der Waals surface area contributed by atoms with Crippen LogP contribution in [0.25, 0.3) is 0 Å². The second-order valence-corrected chi connectivity index (χ2v) is 6.80. The van der Waals surface area contributed by atoms with Gasteiger partial charge >= 0.3 is 0 Å². The highest BCUT2D eigenvalue weighted by atomic mass is 16.2. The fraction of sp³-hybridized carbons (Fsp3) is 0.933. The van der Waals surface area contributed by atoms with Gasteiger partial charge in [0.05, 0.1) is 5.54 Å². The van der Waals surface area contributed by atoms with Crippen molar-refractivity contribution in [1.82, 2.24) is 4.90 Å². The quantitative estimate of drug-likeness (QED) is 0.842. The van der Waals surface area contributed by atoms with Crippen LogP contribution in [0.2, 0.25) is 0 Å². The largest absolute Gasteiger partial charge is 0.341 e. The van der Waals surface area contributed by atoms with E-state index in [-0.39, 0.29) is 5.91 Å². The van der Waals surface area contributed by atoms with Crippen LogP contribution in [0.4, 0.5) is 0 Å². The van der Waals surface area contributed by atoms with Crippen molar-refractivity contribution in [2.75, 3.05) is 13.1 Å². The number of rotatable bonds is 3. The van der Waals surface area contributed by atoms with Gasteiger partial charge in [-0.15, -0.1) is 0 Å². The lowest BCUT2D eigenvalue weighted by molar-refractivity contribution is -0.139. The Balaban J connectivity index is 2.61. The first-order chi connectivity index (χ1) is 8.24. The van der Waals surface area contributed by atoms with E-state index in [0.29, 0.717) is 5.41 Å². The van der Waals surface area contributed by atoms with Crippen LogP contribution in [-0.2, 0) is 4.79 Å². The molecule has 2 N–H and O–H groups in total. The molecule has 106 valence electrons. The lowest BCUT2D eigenvalue weighted by atomic mass is 9.75. The molecule has 0 aliphatic carbocycles. The number of carbonyl (C=O) groups excluding carboxylic acids is 1. The standard InChI is InChI=1S/C15H30N2O/c1-6-15(16,7-2)13(18)17-10-8-12(9-11-17)14(3,4)5/h12H,6-11,16H2,1-5H3. The number of nitrogens with two attached hydrogens (primary N) is 1. The van der Waals surface area contributed by atoms with Gasteiger partial charge in [-0.2, -0.15) is 0 Å². The van der Waals surface area contributed by atoms with Crippen LogP contribution >= 0.6 is 0 Å². The fourth-order valence-corrected chi connectivity index (χ4v) is 2.82. The Hall–Kier alpha value is -0.570. The van der Waals surface area contributed by atoms with Crippen LogP contribution in [0.5, 0.6) is 0 Å². The normalized spacial score (nSPS) is 19.1. The van der Waals surface area contributed by atoms with Gasteiger partial charge in [-0.3, -0.25) is 4.79 Å². The average molecular weight is 254 g/mol. The number of hydrogen-bond acceptors (Lipinski definition) is 2. The molecule has 0 aromatic heterocycles. The molecule has 0 aromatic rings. The lowest BCUT2D eigenvalue weighted by Crippen LogP contribution is -2.56. The Bertz CT molecular complexity index is 281. The van der Waals surface area contributed by atoms with Gasteiger partial charge in [0.1, 0.15) is 0 Å². The Morgan fingerprint density at radius 3 is 1.94 bits per heavy atom. The van der Waals surface area contributed by atoms with Crippen LogP contribution in [0.3, 0.4) is 0 Å². The molecular weight excluding hydrogens is 224 g/mol. The topological polar surface area (TPSA) is 46.3 Å². The molecule has 3 nitrogen and oxygen atoms in total. The molecule has 0 radical (unpaired) electrons. The Labute approximate surface area is 112 Å². The Kier molecular flexibility index (Phi) is 4.82. The maximum absolute atomic E-state index is 12.4. The molecule has 0 saturated carbocycles. The summed E-state index contributed by atoms with van der Waals surface area (Å²) >= 11 is 0. The molecular formula is C15H30N2O. The zero-order valence-electron chi connectivity index (χ0n) is 12.8. The van der Waals surface area contributed by atoms with Crippen molar-refractivity contribution < 1.29 is 4.79 Å². The molecule has 1 aliphatic heterocycles. The van der Waals surface area contributed by atoms with Gasteiger partial charge in [0, 0.05) is 13.1 Å². The summed E-state index contributed by atoms with van der Waals surface area (Å²) in [7, 11) is 0. The van der Waals surface area contributed by atoms with Gasteiger partial charge in [0.2, 0.25) is 5.91 Å². The van der Waals surface area contributed by atoms with Crippen LogP contribution in [0.15, 0.2) is 0 Å². The lowest BCUT2D eigenvalue weighted by Gasteiger charge is -2.41. The fourth-order valence-electron chi connectivity index (χ4n) is 2.82. The Morgan fingerprint density at radius 2 is 1.61 bits per heavy atom. The van der Waals surface area contributed by atoms with Crippen molar-refractivity contribution in [1.29, 1.82) is 0 Å². The number of hydrogen-bond donors (Lipinski definition) is 1. The Morgan fingerprint density at radius 1 is 1.17 bits per heavy atom. The summed E-state index contributed by atoms with van der Waals surface area (Å²) in [5.41, 5.74) is 5.91. The van der Waals surface area contributed by atoms with Crippen molar-refractivity contribution in [2.24, 2.45) is 17.1 Å². The third-order valence-corrected chi connectivity index (χ3v) is 4.69. The summed E-state index contributed by atoms with van der Waals surface area (Å²) in [6, 6.07) is 0. The zero-order chi connectivity index (χ0) is 14.0. The van der Waals surface area contributed by atoms with Gasteiger partial charge in [0.25, 0.3) is 0 Å². The second kappa shape index (κ2) is 5.60. The highest BCUT2D eigenvalue weighted by molar-refractivity contribution is 5.86. The van der Waals surface area contributed by atoms with Crippen molar-refractivity contribution in [2.45, 2.75) is 65.8 Å². The molecule has 0 bridgehead atoms. The van der Waals surface area contributed by atoms with Crippen LogP contribution in [0.1, 0.15) is 60.3 Å². The van der Waals surface area contributed by atoms with Crippen LogP contribution in [0, 0.1) is 11.3 Å². The van der Waals surface area contributed by atoms with E-state index in [0.717, 1.165) is 44.7 Å². The SMILES string of the molecule is CCC(N)(CC)C(=O)N1CCC(C(C)(C)C)CC1. The molecule has 18 heavy (non-hydrogen) atoms. The summed E-state index contributed by atoms with van der Waals surface area (Å²) in [6.07, 6.45) is 3.67. The molecule has 0 spiro atoms. The van der Waals surface area contributed by atoms with Crippen molar-refractivity contribution in [3.63, 3.8) is 0 Å². The minimum absolute atomic E-state index is 0.153. The number of amides is 1. The van der Waals surface area contributed by atoms with Gasteiger partial charge in [-0.1, -0.05) is 34.6 Å². The minimum atomic E-state index is -0.644. The molecule has 0 unspecified atom stereocenters. The molecule has 1 saturated heterocycles. The molecule has 0 aromatic carbocycles. The first-order valence-electron chi connectivity index (χ1n) is 7.33. The van der Waals surface area contributed by atoms with Crippen LogP contribution < -0.4 is 5.73 Å². The molecule has 1 rings (SSSR count). The van der Waals surface area contributed by atoms with Crippen molar-refractivity contribution >= 4 is 5.91 Å². The first-order valence-corrected chi connectivity index (χ1v) is 7.33. The predicted molar refractivity (Wildman–Crippen MR) is 76.3 cm³/mol. The molecule has 1 aliphatic rings. The summed E-state index contributed by atoms with van der Waals surface area (Å²) < 4.78 is 0. The van der Waals surface area contributed by atoms with E-state index in [4.69, 9.17) is 5.73 Å². The summed E-state index contributed by atoms with van der Waals surface area (Å²) in [6.45, 7) is 12.6. The molecule has 0 atom stereocenters. The second-order valence-electron chi connectivity index (χ2n) is 6.80. The van der Waals surface area contributed by atoms with E-state index < -0.39 is 5.54 Å². The smallest absolute Gasteiger partial charge is 0.242 e. The predicted octanol–water partition coefficient (Wildman–Crippen LogP) is 2.79. The van der Waals surface area contributed by atoms with Crippen LogP contribution in [-0.4, -0.2) is 29.4 Å². The molecule has 3 heteroatoms. The molecule has 1 heterocycles. The monoisotopic (exact) mass is 254 g/mol. The minimum Gasteiger partial charge on any atom is -0.341 e. The zero-order valence-corrected chi connectivity index (χ0v) is 12.8. The van der Waals surface area contributed by atoms with E-state index in [2.05, 4.69) is 20.8 Å². The highest BCUT2D eigenvalue weighted by Gasteiger charge is 2.37. The molecule has 1 fully saturated rings. The van der Waals surface area contributed by atoms with E-state index in [1.54, 1.807) is 0 Å². The molecule has 1 amide bonds. The first kappa shape index (κ1) is 15.5. The van der Waals surface area contributed by atoms with E-state index in [9.17, 15) is 4.79 Å². The summed E-state index contributed by atoms with van der Waals surface area (Å²) in [5.74, 6) is 0.872. The van der Waals surface area contributed by atoms with E-state index >= 15 is 0 Å². The summed E-state index contributed by atoms with van der Waals surface area (Å²) in [4.78, 5) is 14.4. The van der Waals surface area contributed by atoms with E-state index in [1.165, 1.54) is 0 Å². The highest BCUT2D eigenvalue weighted by Crippen LogP contribution is 2.34. The average Bonchev–Trinajstić information content (AvgIpc) is 2.36. The third kappa shape index (κ3) is 3.25. The third-order valence-electron chi connectivity index (χ3n) is 4.69. The maximum atomic E-state index is 12.4. The number of likely N-dealkylation sites (tertiary alicyclic amines) is 1. The summed E-state index contributed by atoms with van der Waals surface area (Å²) in [5, 5.41) is 0. The number of piperidine rings is 1. The van der Waals surface area contributed by atoms with Crippen molar-refractivity contribution in [3.8, 4) is 0 Å². The van der Waals surface area contributed by atoms with Gasteiger partial charge in [0.15, 0.2) is 0 Å². The maximum Gasteiger partial charge on any atom is 0.242 e. The van der Waals surface area contributed by atoms with E-state index in [1.807, 2.05) is 18.7 Å². The number of nitrogens with zero attached hydrogens (tertiary/aromatic N) is 1. The van der Waals surface area contributed by atoms with Gasteiger partial charge in [-0.25, -0.2) is 0 Å². The van der Waals surface area contributed by atoms with Gasteiger partial charge < -0.3 is 10.6 Å². The number of carbonyl (C=O) groups is 1. The van der Waals surface area contributed by atoms with Gasteiger partial charge in [-0.05, 0) is 37.0 Å². The van der Waals surface area contributed by atoms with Crippen molar-refractivity contribution in [3.05, 3.63) is 0 Å².